The van der Waals surface area contributed by atoms with Crippen LogP contribution in [0.5, 0.6) is 0 Å². The fourth-order valence-corrected chi connectivity index (χ4v) is 2.58. The van der Waals surface area contributed by atoms with Gasteiger partial charge in [0.05, 0.1) is 0 Å². The van der Waals surface area contributed by atoms with Crippen molar-refractivity contribution in [2.45, 2.75) is 47.5 Å². The van der Waals surface area contributed by atoms with Crippen molar-refractivity contribution >= 4 is 11.6 Å². The van der Waals surface area contributed by atoms with Crippen molar-refractivity contribution in [2.24, 2.45) is 23.2 Å². The first-order chi connectivity index (χ1) is 10.6. The lowest BCUT2D eigenvalue weighted by atomic mass is 9.73. The molecular weight excluding hydrogens is 298 g/mol. The van der Waals surface area contributed by atoms with E-state index in [0.717, 1.165) is 0 Å². The quantitative estimate of drug-likeness (QED) is 0.659. The van der Waals surface area contributed by atoms with Crippen molar-refractivity contribution in [3.63, 3.8) is 0 Å². The molecule has 0 N–H and O–H groups in total. The van der Waals surface area contributed by atoms with Crippen LogP contribution in [0, 0.1) is 23.2 Å². The Morgan fingerprint density at radius 3 is 2.00 bits per heavy atom. The highest BCUT2D eigenvalue weighted by Crippen LogP contribution is 2.34. The van der Waals surface area contributed by atoms with E-state index in [0.29, 0.717) is 5.56 Å². The molecule has 0 fully saturated rings. The van der Waals surface area contributed by atoms with E-state index in [4.69, 9.17) is 0 Å². The first-order valence-electron chi connectivity index (χ1n) is 7.96. The number of carbonyl (C=O) groups excluding carboxylic acids is 2. The average molecular weight is 324 g/mol. The van der Waals surface area contributed by atoms with Crippen LogP contribution in [-0.2, 0) is 4.79 Å². The molecule has 1 rings (SSSR count). The van der Waals surface area contributed by atoms with E-state index in [-0.39, 0.29) is 18.0 Å². The van der Waals surface area contributed by atoms with Gasteiger partial charge in [-0.05, 0) is 5.92 Å². The number of halogens is 2. The van der Waals surface area contributed by atoms with Crippen LogP contribution >= 0.6 is 0 Å². The van der Waals surface area contributed by atoms with Gasteiger partial charge in [0, 0.05) is 29.2 Å². The van der Waals surface area contributed by atoms with E-state index in [2.05, 4.69) is 0 Å². The fourth-order valence-electron chi connectivity index (χ4n) is 2.58. The lowest BCUT2D eigenvalue weighted by Gasteiger charge is -2.30. The molecule has 23 heavy (non-hydrogen) atoms. The Balaban J connectivity index is 3.04. The molecule has 0 heterocycles. The van der Waals surface area contributed by atoms with E-state index in [1.807, 2.05) is 0 Å². The van der Waals surface area contributed by atoms with E-state index in [1.54, 1.807) is 58.0 Å². The monoisotopic (exact) mass is 324 g/mol. The molecule has 1 aromatic rings. The van der Waals surface area contributed by atoms with Gasteiger partial charge in [0.1, 0.15) is 5.78 Å². The lowest BCUT2D eigenvalue weighted by Crippen LogP contribution is -2.34. The van der Waals surface area contributed by atoms with Crippen LogP contribution in [0.3, 0.4) is 0 Å². The molecule has 0 aliphatic carbocycles. The van der Waals surface area contributed by atoms with Gasteiger partial charge in [-0.15, -0.1) is 0 Å². The highest BCUT2D eigenvalue weighted by atomic mass is 19.3. The molecule has 1 aromatic carbocycles. The molecule has 128 valence electrons. The molecular formula is C19H26F2O2. The molecule has 4 heteroatoms. The van der Waals surface area contributed by atoms with E-state index < -0.39 is 29.6 Å². The second-order valence-electron chi connectivity index (χ2n) is 7.25. The molecule has 0 aliphatic heterocycles. The summed E-state index contributed by atoms with van der Waals surface area (Å²) in [6, 6.07) is 8.63. The Morgan fingerprint density at radius 1 is 1.04 bits per heavy atom. The van der Waals surface area contributed by atoms with Gasteiger partial charge in [-0.1, -0.05) is 65.0 Å². The fraction of sp³-hybridized carbons (Fsp3) is 0.579. The van der Waals surface area contributed by atoms with Crippen LogP contribution in [0.4, 0.5) is 8.78 Å². The Morgan fingerprint density at radius 2 is 1.57 bits per heavy atom. The predicted molar refractivity (Wildman–Crippen MR) is 87.7 cm³/mol. The highest BCUT2D eigenvalue weighted by molar-refractivity contribution is 5.98. The van der Waals surface area contributed by atoms with Crippen LogP contribution in [0.25, 0.3) is 0 Å². The SMILES string of the molecule is C[C@H](C(=O)c1ccccc1)[C@@H](CC(=O)C(C)(C)C)[C@H](C)C(F)F. The van der Waals surface area contributed by atoms with Crippen molar-refractivity contribution in [1.82, 2.24) is 0 Å². The molecule has 2 nitrogen and oxygen atoms in total. The first kappa shape index (κ1) is 19.5. The maximum atomic E-state index is 13.2. The van der Waals surface area contributed by atoms with Crippen molar-refractivity contribution in [2.75, 3.05) is 0 Å². The molecule has 0 amide bonds. The third-order valence-electron chi connectivity index (χ3n) is 4.44. The van der Waals surface area contributed by atoms with Crippen LogP contribution in [0.2, 0.25) is 0 Å². The van der Waals surface area contributed by atoms with Crippen LogP contribution in [0.1, 0.15) is 51.4 Å². The number of hydrogen-bond acceptors (Lipinski definition) is 2. The standard InChI is InChI=1S/C19H26F2O2/c1-12(17(23)14-9-7-6-8-10-14)15(13(2)18(20)21)11-16(22)19(3,4)5/h6-10,12-13,15,18H,11H2,1-5H3/t12-,13-,15+/m0/s1. The average Bonchev–Trinajstić information content (AvgIpc) is 2.50. The van der Waals surface area contributed by atoms with Crippen molar-refractivity contribution in [3.8, 4) is 0 Å². The summed E-state index contributed by atoms with van der Waals surface area (Å²) in [5.41, 5.74) is -0.107. The minimum absolute atomic E-state index is 0.00521. The van der Waals surface area contributed by atoms with Gasteiger partial charge in [-0.25, -0.2) is 8.78 Å². The van der Waals surface area contributed by atoms with E-state index >= 15 is 0 Å². The Kier molecular flexibility index (Phi) is 6.60. The largest absolute Gasteiger partial charge is 0.299 e. The summed E-state index contributed by atoms with van der Waals surface area (Å²) in [6.07, 6.45) is -2.56. The summed E-state index contributed by atoms with van der Waals surface area (Å²) < 4.78 is 26.5. The summed E-state index contributed by atoms with van der Waals surface area (Å²) in [6.45, 7) is 8.37. The third-order valence-corrected chi connectivity index (χ3v) is 4.44. The van der Waals surface area contributed by atoms with Gasteiger partial charge in [-0.3, -0.25) is 9.59 Å². The summed E-state index contributed by atoms with van der Waals surface area (Å²) in [4.78, 5) is 24.9. The van der Waals surface area contributed by atoms with Crippen molar-refractivity contribution in [3.05, 3.63) is 35.9 Å². The maximum absolute atomic E-state index is 13.2. The van der Waals surface area contributed by atoms with Gasteiger partial charge in [0.15, 0.2) is 5.78 Å². The zero-order valence-corrected chi connectivity index (χ0v) is 14.5. The Bertz CT molecular complexity index is 532. The zero-order valence-electron chi connectivity index (χ0n) is 14.5. The molecule has 0 spiro atoms. The van der Waals surface area contributed by atoms with Crippen LogP contribution in [-0.4, -0.2) is 18.0 Å². The zero-order chi connectivity index (χ0) is 17.8. The molecule has 0 unspecified atom stereocenters. The van der Waals surface area contributed by atoms with Gasteiger partial charge < -0.3 is 0 Å². The number of rotatable bonds is 7. The van der Waals surface area contributed by atoms with E-state index in [1.165, 1.54) is 6.92 Å². The lowest BCUT2D eigenvalue weighted by molar-refractivity contribution is -0.128. The summed E-state index contributed by atoms with van der Waals surface area (Å²) in [7, 11) is 0. The van der Waals surface area contributed by atoms with Crippen molar-refractivity contribution in [1.29, 1.82) is 0 Å². The van der Waals surface area contributed by atoms with Gasteiger partial charge in [-0.2, -0.15) is 0 Å². The maximum Gasteiger partial charge on any atom is 0.241 e. The molecule has 3 atom stereocenters. The minimum atomic E-state index is -2.56. The predicted octanol–water partition coefficient (Wildman–Crippen LogP) is 5.03. The number of hydrogen-bond donors (Lipinski definition) is 0. The number of Topliss-reactive ketones (excluding diaryl/α,β-unsaturated/α-hetero) is 2. The number of carbonyl (C=O) groups is 2. The number of benzene rings is 1. The second-order valence-corrected chi connectivity index (χ2v) is 7.25. The molecule has 0 bridgehead atoms. The van der Waals surface area contributed by atoms with Crippen LogP contribution < -0.4 is 0 Å². The first-order valence-corrected chi connectivity index (χ1v) is 7.96. The Labute approximate surface area is 137 Å². The third kappa shape index (κ3) is 5.22. The van der Waals surface area contributed by atoms with E-state index in [9.17, 15) is 18.4 Å². The second kappa shape index (κ2) is 7.80. The normalized spacial score (nSPS) is 16.0. The smallest absolute Gasteiger partial charge is 0.241 e. The number of ketones is 2. The molecule has 0 saturated carbocycles. The molecule has 0 saturated heterocycles. The summed E-state index contributed by atoms with van der Waals surface area (Å²) in [5.74, 6) is -2.60. The number of alkyl halides is 2. The van der Waals surface area contributed by atoms with Crippen LogP contribution in [0.15, 0.2) is 30.3 Å². The van der Waals surface area contributed by atoms with Gasteiger partial charge >= 0.3 is 0 Å². The van der Waals surface area contributed by atoms with Crippen molar-refractivity contribution < 1.29 is 18.4 Å². The van der Waals surface area contributed by atoms with Gasteiger partial charge in [0.25, 0.3) is 0 Å². The summed E-state index contributed by atoms with van der Waals surface area (Å²) in [5, 5.41) is 0. The highest BCUT2D eigenvalue weighted by Gasteiger charge is 2.37. The topological polar surface area (TPSA) is 34.1 Å². The molecule has 0 aliphatic rings. The Hall–Kier alpha value is -1.58. The minimum Gasteiger partial charge on any atom is -0.299 e. The summed E-state index contributed by atoms with van der Waals surface area (Å²) >= 11 is 0. The molecule has 0 radical (unpaired) electrons. The van der Waals surface area contributed by atoms with Gasteiger partial charge in [0.2, 0.25) is 6.43 Å². The molecule has 0 aromatic heterocycles.